The van der Waals surface area contributed by atoms with Crippen molar-refractivity contribution in [2.24, 2.45) is 10.8 Å². The van der Waals surface area contributed by atoms with Gasteiger partial charge in [0.2, 0.25) is 0 Å². The lowest BCUT2D eigenvalue weighted by molar-refractivity contribution is 0.412. The molecule has 5 aromatic rings. The summed E-state index contributed by atoms with van der Waals surface area (Å²) in [7, 11) is 0. The van der Waals surface area contributed by atoms with Crippen molar-refractivity contribution in [2.75, 3.05) is 0 Å². The van der Waals surface area contributed by atoms with Gasteiger partial charge in [-0.2, -0.15) is 0 Å². The summed E-state index contributed by atoms with van der Waals surface area (Å²) in [5.74, 6) is 0. The zero-order valence-electron chi connectivity index (χ0n) is 19.2. The number of hydrogen-bond acceptors (Lipinski definition) is 0. The smallest absolute Gasteiger partial charge is 0.00236 e. The first kappa shape index (κ1) is 19.4. The predicted octanol–water partition coefficient (Wildman–Crippen LogP) is 8.91. The second kappa shape index (κ2) is 6.45. The van der Waals surface area contributed by atoms with Gasteiger partial charge in [0.05, 0.1) is 0 Å². The molecule has 0 fully saturated rings. The van der Waals surface area contributed by atoms with Gasteiger partial charge in [-0.1, -0.05) is 102 Å². The van der Waals surface area contributed by atoms with E-state index in [1.807, 2.05) is 0 Å². The van der Waals surface area contributed by atoms with Crippen LogP contribution in [0.3, 0.4) is 0 Å². The highest BCUT2D eigenvalue weighted by atomic mass is 14.2. The Bertz CT molecular complexity index is 1260. The fourth-order valence-electron chi connectivity index (χ4n) is 5.28. The molecule has 5 aromatic carbocycles. The van der Waals surface area contributed by atoms with Crippen molar-refractivity contribution in [2.45, 2.75) is 54.4 Å². The Balaban J connectivity index is 1.92. The molecule has 0 bridgehead atoms. The molecule has 0 unspecified atom stereocenters. The van der Waals surface area contributed by atoms with E-state index in [9.17, 15) is 0 Å². The number of fused-ring (bicyclic) bond motifs is 2. The molecule has 5 rings (SSSR count). The van der Waals surface area contributed by atoms with Crippen LogP contribution in [0.5, 0.6) is 0 Å². The van der Waals surface area contributed by atoms with E-state index in [0.29, 0.717) is 0 Å². The van der Waals surface area contributed by atoms with Crippen molar-refractivity contribution >= 4 is 43.1 Å². The molecular formula is C30H32. The third kappa shape index (κ3) is 3.14. The predicted molar refractivity (Wildman–Crippen MR) is 134 cm³/mol. The Morgan fingerprint density at radius 3 is 1.13 bits per heavy atom. The minimum Gasteiger partial charge on any atom is -0.0610 e. The quantitative estimate of drug-likeness (QED) is 0.208. The molecule has 0 aliphatic rings. The maximum atomic E-state index is 2.38. The minimum absolute atomic E-state index is 0.272. The van der Waals surface area contributed by atoms with Crippen LogP contribution in [0.1, 0.15) is 52.7 Å². The lowest BCUT2D eigenvalue weighted by atomic mass is 9.81. The van der Waals surface area contributed by atoms with E-state index in [1.54, 1.807) is 0 Å². The first-order chi connectivity index (χ1) is 14.1. The van der Waals surface area contributed by atoms with E-state index in [2.05, 4.69) is 102 Å². The molecule has 0 spiro atoms. The van der Waals surface area contributed by atoms with Crippen LogP contribution in [-0.4, -0.2) is 0 Å². The Morgan fingerprint density at radius 2 is 0.767 bits per heavy atom. The molecule has 152 valence electrons. The Kier molecular flexibility index (Phi) is 4.16. The SMILES string of the molecule is CC(C)(C)Cc1ccc2c3ccc(CC(C)(C)C)c4cccc(c5cccc1c52)c43. The zero-order chi connectivity index (χ0) is 21.3. The summed E-state index contributed by atoms with van der Waals surface area (Å²) in [5, 5.41) is 11.3. The topological polar surface area (TPSA) is 0 Å². The first-order valence-electron chi connectivity index (χ1n) is 11.2. The largest absolute Gasteiger partial charge is 0.0610 e. The monoisotopic (exact) mass is 392 g/mol. The van der Waals surface area contributed by atoms with Crippen LogP contribution in [0.15, 0.2) is 60.7 Å². The standard InChI is InChI=1S/C30H32/c1-29(2,3)17-19-13-15-25-26-16-14-20(18-30(4,5)6)22-10-8-12-24(28(22)26)23-11-7-9-21(19)27(23)25/h7-16H,17-18H2,1-6H3. The van der Waals surface area contributed by atoms with Crippen LogP contribution >= 0.6 is 0 Å². The summed E-state index contributed by atoms with van der Waals surface area (Å²) in [4.78, 5) is 0. The fourth-order valence-corrected chi connectivity index (χ4v) is 5.28. The molecule has 0 aromatic heterocycles. The van der Waals surface area contributed by atoms with Gasteiger partial charge in [-0.3, -0.25) is 0 Å². The molecule has 0 atom stereocenters. The number of benzene rings is 5. The zero-order valence-corrected chi connectivity index (χ0v) is 19.2. The van der Waals surface area contributed by atoms with Gasteiger partial charge in [0.25, 0.3) is 0 Å². The minimum atomic E-state index is 0.272. The van der Waals surface area contributed by atoms with Crippen molar-refractivity contribution in [3.05, 3.63) is 71.8 Å². The van der Waals surface area contributed by atoms with Gasteiger partial charge in [0.15, 0.2) is 0 Å². The molecule has 0 saturated carbocycles. The second-order valence-corrected chi connectivity index (χ2v) is 11.5. The molecule has 0 N–H and O–H groups in total. The van der Waals surface area contributed by atoms with Crippen LogP contribution in [0.25, 0.3) is 43.1 Å². The average molecular weight is 393 g/mol. The molecular weight excluding hydrogens is 360 g/mol. The highest BCUT2D eigenvalue weighted by molar-refractivity contribution is 6.33. The maximum Gasteiger partial charge on any atom is -0.00236 e. The van der Waals surface area contributed by atoms with E-state index in [4.69, 9.17) is 0 Å². The Labute approximate surface area is 180 Å². The highest BCUT2D eigenvalue weighted by Gasteiger charge is 2.20. The normalized spacial score (nSPS) is 13.3. The van der Waals surface area contributed by atoms with Crippen LogP contribution in [0, 0.1) is 10.8 Å². The molecule has 0 saturated heterocycles. The van der Waals surface area contributed by atoms with Gasteiger partial charge < -0.3 is 0 Å². The Morgan fingerprint density at radius 1 is 0.433 bits per heavy atom. The fraction of sp³-hybridized carbons (Fsp3) is 0.333. The van der Waals surface area contributed by atoms with Gasteiger partial charge >= 0.3 is 0 Å². The van der Waals surface area contributed by atoms with E-state index >= 15 is 0 Å². The third-order valence-electron chi connectivity index (χ3n) is 6.28. The van der Waals surface area contributed by atoms with Crippen molar-refractivity contribution in [3.63, 3.8) is 0 Å². The van der Waals surface area contributed by atoms with Crippen LogP contribution in [0.2, 0.25) is 0 Å². The lowest BCUT2D eigenvalue weighted by Crippen LogP contribution is -2.10. The van der Waals surface area contributed by atoms with Gasteiger partial charge in [0.1, 0.15) is 0 Å². The summed E-state index contributed by atoms with van der Waals surface area (Å²) < 4.78 is 0. The van der Waals surface area contributed by atoms with Gasteiger partial charge in [-0.15, -0.1) is 0 Å². The summed E-state index contributed by atoms with van der Waals surface area (Å²) in [6, 6.07) is 23.3. The molecule has 0 amide bonds. The molecule has 0 nitrogen and oxygen atoms in total. The molecule has 30 heavy (non-hydrogen) atoms. The van der Waals surface area contributed by atoms with Crippen molar-refractivity contribution < 1.29 is 0 Å². The van der Waals surface area contributed by atoms with Crippen LogP contribution in [0.4, 0.5) is 0 Å². The van der Waals surface area contributed by atoms with Crippen molar-refractivity contribution in [3.8, 4) is 0 Å². The molecule has 0 aliphatic heterocycles. The van der Waals surface area contributed by atoms with Crippen LogP contribution in [-0.2, 0) is 12.8 Å². The molecule has 0 heteroatoms. The molecule has 0 heterocycles. The van der Waals surface area contributed by atoms with E-state index in [-0.39, 0.29) is 10.8 Å². The van der Waals surface area contributed by atoms with Gasteiger partial charge in [0, 0.05) is 0 Å². The van der Waals surface area contributed by atoms with Gasteiger partial charge in [-0.05, 0) is 77.9 Å². The van der Waals surface area contributed by atoms with Crippen molar-refractivity contribution in [1.82, 2.24) is 0 Å². The van der Waals surface area contributed by atoms with E-state index < -0.39 is 0 Å². The third-order valence-corrected chi connectivity index (χ3v) is 6.28. The number of hydrogen-bond donors (Lipinski definition) is 0. The number of rotatable bonds is 2. The van der Waals surface area contributed by atoms with Gasteiger partial charge in [-0.25, -0.2) is 0 Å². The second-order valence-electron chi connectivity index (χ2n) is 11.5. The molecule has 0 radical (unpaired) electrons. The Hall–Kier alpha value is -2.60. The summed E-state index contributed by atoms with van der Waals surface area (Å²) in [5.41, 5.74) is 3.47. The highest BCUT2D eigenvalue weighted by Crippen LogP contribution is 2.43. The molecule has 0 aliphatic carbocycles. The van der Waals surface area contributed by atoms with Crippen molar-refractivity contribution in [1.29, 1.82) is 0 Å². The summed E-state index contributed by atoms with van der Waals surface area (Å²) in [6.07, 6.45) is 2.18. The summed E-state index contributed by atoms with van der Waals surface area (Å²) in [6.45, 7) is 14.0. The van der Waals surface area contributed by atoms with E-state index in [0.717, 1.165) is 12.8 Å². The lowest BCUT2D eigenvalue weighted by Gasteiger charge is -2.23. The summed E-state index contributed by atoms with van der Waals surface area (Å²) >= 11 is 0. The first-order valence-corrected chi connectivity index (χ1v) is 11.2. The van der Waals surface area contributed by atoms with Crippen LogP contribution < -0.4 is 0 Å². The average Bonchev–Trinajstić information content (AvgIpc) is 2.66. The maximum absolute atomic E-state index is 2.38. The van der Waals surface area contributed by atoms with E-state index in [1.165, 1.54) is 54.2 Å².